The van der Waals surface area contributed by atoms with Crippen molar-refractivity contribution in [3.8, 4) is 0 Å². The fourth-order valence-corrected chi connectivity index (χ4v) is 3.04. The molecule has 8 heteroatoms. The molecule has 0 atom stereocenters. The molecular weight excluding hydrogens is 280 g/mol. The van der Waals surface area contributed by atoms with E-state index in [2.05, 4.69) is 0 Å². The fraction of sp³-hybridized carbons (Fsp3) is 0.364. The van der Waals surface area contributed by atoms with Crippen LogP contribution < -0.4 is 0 Å². The number of carboxylic acids is 1. The van der Waals surface area contributed by atoms with Gasteiger partial charge in [-0.3, -0.25) is 4.79 Å². The van der Waals surface area contributed by atoms with E-state index in [4.69, 9.17) is 5.11 Å². The van der Waals surface area contributed by atoms with Crippen LogP contribution in [0.25, 0.3) is 0 Å². The van der Waals surface area contributed by atoms with Crippen molar-refractivity contribution in [2.75, 3.05) is 13.1 Å². The van der Waals surface area contributed by atoms with Crippen LogP contribution in [0.1, 0.15) is 13.3 Å². The molecule has 0 fully saturated rings. The van der Waals surface area contributed by atoms with Crippen LogP contribution >= 0.6 is 0 Å². The average Bonchev–Trinajstić information content (AvgIpc) is 2.26. The molecule has 1 rings (SSSR count). The summed E-state index contributed by atoms with van der Waals surface area (Å²) >= 11 is 0. The molecular formula is C11H13F2NO4S. The highest BCUT2D eigenvalue weighted by Gasteiger charge is 2.26. The summed E-state index contributed by atoms with van der Waals surface area (Å²) in [6.45, 7) is 0.859. The van der Waals surface area contributed by atoms with Crippen molar-refractivity contribution in [2.45, 2.75) is 18.2 Å². The Morgan fingerprint density at radius 3 is 2.21 bits per heavy atom. The normalized spacial score (nSPS) is 11.8. The molecule has 0 saturated carbocycles. The molecule has 1 aromatic carbocycles. The first-order valence-electron chi connectivity index (χ1n) is 5.45. The molecule has 0 amide bonds. The van der Waals surface area contributed by atoms with Crippen LogP contribution in [0.5, 0.6) is 0 Å². The second kappa shape index (κ2) is 6.07. The lowest BCUT2D eigenvalue weighted by molar-refractivity contribution is -0.137. The summed E-state index contributed by atoms with van der Waals surface area (Å²) in [7, 11) is -4.23. The molecule has 0 aliphatic carbocycles. The van der Waals surface area contributed by atoms with Crippen molar-refractivity contribution in [2.24, 2.45) is 0 Å². The zero-order chi connectivity index (χ0) is 14.6. The molecule has 0 spiro atoms. The zero-order valence-electron chi connectivity index (χ0n) is 10.1. The van der Waals surface area contributed by atoms with Gasteiger partial charge in [-0.15, -0.1) is 0 Å². The lowest BCUT2D eigenvalue weighted by Gasteiger charge is -2.19. The number of hydrogen-bond donors (Lipinski definition) is 1. The Labute approximate surface area is 109 Å². The molecule has 1 aromatic rings. The van der Waals surface area contributed by atoms with Gasteiger partial charge < -0.3 is 5.11 Å². The Balaban J connectivity index is 3.21. The Morgan fingerprint density at radius 2 is 1.79 bits per heavy atom. The maximum atomic E-state index is 13.0. The van der Waals surface area contributed by atoms with E-state index in [1.807, 2.05) is 0 Å². The van der Waals surface area contributed by atoms with Crippen molar-refractivity contribution in [3.63, 3.8) is 0 Å². The van der Waals surface area contributed by atoms with Gasteiger partial charge in [-0.1, -0.05) is 6.92 Å². The highest BCUT2D eigenvalue weighted by molar-refractivity contribution is 7.89. The van der Waals surface area contributed by atoms with Crippen LogP contribution in [0, 0.1) is 11.6 Å². The highest BCUT2D eigenvalue weighted by atomic mass is 32.2. The summed E-state index contributed by atoms with van der Waals surface area (Å²) in [5, 5.41) is 8.68. The smallest absolute Gasteiger partial charge is 0.318 e. The van der Waals surface area contributed by atoms with Gasteiger partial charge in [-0.25, -0.2) is 17.2 Å². The number of hydrogen-bond acceptors (Lipinski definition) is 3. The number of carboxylic acid groups (broad SMARTS) is 1. The van der Waals surface area contributed by atoms with Gasteiger partial charge in [0.15, 0.2) is 0 Å². The van der Waals surface area contributed by atoms with E-state index in [1.54, 1.807) is 6.92 Å². The van der Waals surface area contributed by atoms with Gasteiger partial charge in [0.05, 0.1) is 4.90 Å². The first kappa shape index (κ1) is 15.5. The van der Waals surface area contributed by atoms with Crippen molar-refractivity contribution in [3.05, 3.63) is 29.8 Å². The van der Waals surface area contributed by atoms with Crippen LogP contribution in [-0.4, -0.2) is 36.9 Å². The molecule has 1 N–H and O–H groups in total. The lowest BCUT2D eigenvalue weighted by atomic mass is 10.3. The molecule has 0 aromatic heterocycles. The first-order chi connectivity index (χ1) is 8.77. The maximum Gasteiger partial charge on any atom is 0.318 e. The molecule has 5 nitrogen and oxygen atoms in total. The molecule has 19 heavy (non-hydrogen) atoms. The van der Waals surface area contributed by atoms with Crippen LogP contribution in [0.15, 0.2) is 23.1 Å². The Kier molecular flexibility index (Phi) is 4.96. The van der Waals surface area contributed by atoms with E-state index in [-0.39, 0.29) is 6.54 Å². The number of benzene rings is 1. The van der Waals surface area contributed by atoms with E-state index in [1.165, 1.54) is 0 Å². The number of halogens is 2. The SMILES string of the molecule is CCCN(CC(=O)O)S(=O)(=O)c1cc(F)cc(F)c1. The minimum Gasteiger partial charge on any atom is -0.480 e. The van der Waals surface area contributed by atoms with E-state index in [9.17, 15) is 22.0 Å². The third kappa shape index (κ3) is 3.97. The summed E-state index contributed by atoms with van der Waals surface area (Å²) in [5.74, 6) is -3.41. The summed E-state index contributed by atoms with van der Waals surface area (Å²) in [6.07, 6.45) is 0.379. The molecule has 0 unspecified atom stereocenters. The van der Waals surface area contributed by atoms with Gasteiger partial charge in [0.1, 0.15) is 18.2 Å². The first-order valence-corrected chi connectivity index (χ1v) is 6.89. The number of carbonyl (C=O) groups is 1. The number of nitrogens with zero attached hydrogens (tertiary/aromatic N) is 1. The Hall–Kier alpha value is -1.54. The van der Waals surface area contributed by atoms with Crippen molar-refractivity contribution in [1.82, 2.24) is 4.31 Å². The molecule has 0 radical (unpaired) electrons. The number of sulfonamides is 1. The fourth-order valence-electron chi connectivity index (χ4n) is 1.51. The quantitative estimate of drug-likeness (QED) is 0.861. The molecule has 0 saturated heterocycles. The predicted molar refractivity (Wildman–Crippen MR) is 63.0 cm³/mol. The van der Waals surface area contributed by atoms with E-state index >= 15 is 0 Å². The second-order valence-electron chi connectivity index (χ2n) is 3.84. The molecule has 106 valence electrons. The largest absolute Gasteiger partial charge is 0.480 e. The minimum absolute atomic E-state index is 0.0488. The topological polar surface area (TPSA) is 74.7 Å². The zero-order valence-corrected chi connectivity index (χ0v) is 11.0. The summed E-state index contributed by atoms with van der Waals surface area (Å²) in [6, 6.07) is 1.85. The summed E-state index contributed by atoms with van der Waals surface area (Å²) in [4.78, 5) is 10.0. The third-order valence-electron chi connectivity index (χ3n) is 2.26. The van der Waals surface area contributed by atoms with Crippen molar-refractivity contribution < 1.29 is 27.1 Å². The van der Waals surface area contributed by atoms with Crippen molar-refractivity contribution in [1.29, 1.82) is 0 Å². The van der Waals surface area contributed by atoms with E-state index in [0.717, 1.165) is 0 Å². The standard InChI is InChI=1S/C11H13F2NO4S/c1-2-3-14(7-11(15)16)19(17,18)10-5-8(12)4-9(13)6-10/h4-6H,2-3,7H2,1H3,(H,15,16). The lowest BCUT2D eigenvalue weighted by Crippen LogP contribution is -2.36. The predicted octanol–water partition coefficient (Wildman–Crippen LogP) is 1.45. The number of rotatable bonds is 6. The molecule has 0 aliphatic rings. The van der Waals surface area contributed by atoms with Gasteiger partial charge in [0.25, 0.3) is 0 Å². The van der Waals surface area contributed by atoms with Crippen molar-refractivity contribution >= 4 is 16.0 Å². The van der Waals surface area contributed by atoms with E-state index in [0.29, 0.717) is 28.9 Å². The van der Waals surface area contributed by atoms with Gasteiger partial charge >= 0.3 is 5.97 Å². The molecule has 0 bridgehead atoms. The van der Waals surface area contributed by atoms with E-state index < -0.39 is 39.1 Å². The molecule has 0 aliphatic heterocycles. The van der Waals surface area contributed by atoms with Gasteiger partial charge in [-0.05, 0) is 18.6 Å². The minimum atomic E-state index is -4.23. The van der Waals surface area contributed by atoms with Gasteiger partial charge in [0.2, 0.25) is 10.0 Å². The third-order valence-corrected chi connectivity index (χ3v) is 4.08. The van der Waals surface area contributed by atoms with Crippen LogP contribution in [0.3, 0.4) is 0 Å². The highest BCUT2D eigenvalue weighted by Crippen LogP contribution is 2.18. The van der Waals surface area contributed by atoms with Gasteiger partial charge in [0, 0.05) is 12.6 Å². The summed E-state index contributed by atoms with van der Waals surface area (Å²) < 4.78 is 50.9. The second-order valence-corrected chi connectivity index (χ2v) is 5.78. The number of aliphatic carboxylic acids is 1. The van der Waals surface area contributed by atoms with Crippen LogP contribution in [-0.2, 0) is 14.8 Å². The summed E-state index contributed by atoms with van der Waals surface area (Å²) in [5.41, 5.74) is 0. The molecule has 0 heterocycles. The van der Waals surface area contributed by atoms with Crippen LogP contribution in [0.2, 0.25) is 0 Å². The van der Waals surface area contributed by atoms with Gasteiger partial charge in [-0.2, -0.15) is 4.31 Å². The monoisotopic (exact) mass is 293 g/mol. The maximum absolute atomic E-state index is 13.0. The van der Waals surface area contributed by atoms with Crippen LogP contribution in [0.4, 0.5) is 8.78 Å². The average molecular weight is 293 g/mol. The Bertz CT molecular complexity index is 554. The Morgan fingerprint density at radius 1 is 1.26 bits per heavy atom.